The Labute approximate surface area is 124 Å². The Balaban J connectivity index is 3.10. The summed E-state index contributed by atoms with van der Waals surface area (Å²) in [6, 6.07) is 3.64. The highest BCUT2D eigenvalue weighted by Crippen LogP contribution is 2.20. The number of sulfonamides is 1. The molecule has 0 fully saturated rings. The Morgan fingerprint density at radius 1 is 1.38 bits per heavy atom. The van der Waals surface area contributed by atoms with Gasteiger partial charge in [-0.1, -0.05) is 0 Å². The lowest BCUT2D eigenvalue weighted by molar-refractivity contribution is 0.0596. The summed E-state index contributed by atoms with van der Waals surface area (Å²) in [5.74, 6) is -0.757. The van der Waals surface area contributed by atoms with Crippen LogP contribution in [0.5, 0.6) is 0 Å². The van der Waals surface area contributed by atoms with Crippen LogP contribution in [0.2, 0.25) is 0 Å². The summed E-state index contributed by atoms with van der Waals surface area (Å²) in [6.07, 6.45) is 0.512. The van der Waals surface area contributed by atoms with Crippen LogP contribution in [0, 0.1) is 0 Å². The van der Waals surface area contributed by atoms with E-state index in [4.69, 9.17) is 10.5 Å². The zero-order valence-electron chi connectivity index (χ0n) is 12.3. The van der Waals surface area contributed by atoms with Crippen LogP contribution in [0.1, 0.15) is 23.7 Å². The molecule has 0 aliphatic heterocycles. The van der Waals surface area contributed by atoms with Crippen molar-refractivity contribution in [3.63, 3.8) is 0 Å². The largest absolute Gasteiger partial charge is 0.465 e. The van der Waals surface area contributed by atoms with Crippen LogP contribution in [0.25, 0.3) is 0 Å². The van der Waals surface area contributed by atoms with E-state index in [1.165, 1.54) is 32.4 Å². The molecule has 0 saturated heterocycles. The van der Waals surface area contributed by atoms with Gasteiger partial charge in [-0.25, -0.2) is 17.9 Å². The van der Waals surface area contributed by atoms with Crippen molar-refractivity contribution in [1.82, 2.24) is 4.72 Å². The summed E-state index contributed by atoms with van der Waals surface area (Å²) in [5.41, 5.74) is 5.78. The molecular formula is C13H20N2O5S. The number of nitrogens with one attached hydrogen (secondary N) is 1. The van der Waals surface area contributed by atoms with Gasteiger partial charge in [0.25, 0.3) is 0 Å². The van der Waals surface area contributed by atoms with Gasteiger partial charge in [0, 0.05) is 25.4 Å². The molecule has 1 aromatic carbocycles. The van der Waals surface area contributed by atoms with Gasteiger partial charge in [0.2, 0.25) is 10.0 Å². The van der Waals surface area contributed by atoms with Crippen molar-refractivity contribution >= 4 is 21.7 Å². The Morgan fingerprint density at radius 3 is 2.62 bits per heavy atom. The number of carbonyl (C=O) groups is 1. The molecule has 1 atom stereocenters. The minimum atomic E-state index is -3.85. The van der Waals surface area contributed by atoms with Gasteiger partial charge < -0.3 is 15.2 Å². The minimum absolute atomic E-state index is 0.0936. The van der Waals surface area contributed by atoms with Crippen molar-refractivity contribution < 1.29 is 22.7 Å². The lowest BCUT2D eigenvalue weighted by Gasteiger charge is -2.15. The molecule has 0 heterocycles. The van der Waals surface area contributed by atoms with Crippen LogP contribution >= 0.6 is 0 Å². The molecule has 0 aromatic heterocycles. The fraction of sp³-hybridized carbons (Fsp3) is 0.462. The first-order valence-electron chi connectivity index (χ1n) is 6.31. The molecule has 1 rings (SSSR count). The molecule has 0 bridgehead atoms. The summed E-state index contributed by atoms with van der Waals surface area (Å²) in [5, 5.41) is 0. The van der Waals surface area contributed by atoms with Crippen LogP contribution in [-0.2, 0) is 19.5 Å². The van der Waals surface area contributed by atoms with Crippen molar-refractivity contribution in [1.29, 1.82) is 0 Å². The quantitative estimate of drug-likeness (QED) is 0.568. The van der Waals surface area contributed by atoms with E-state index in [0.29, 0.717) is 13.0 Å². The van der Waals surface area contributed by atoms with E-state index in [-0.39, 0.29) is 22.2 Å². The van der Waals surface area contributed by atoms with E-state index in [1.54, 1.807) is 6.92 Å². The van der Waals surface area contributed by atoms with Gasteiger partial charge in [0.1, 0.15) is 0 Å². The van der Waals surface area contributed by atoms with E-state index in [0.717, 1.165) is 0 Å². The van der Waals surface area contributed by atoms with Crippen LogP contribution in [0.4, 0.5) is 5.69 Å². The Hall–Kier alpha value is -1.64. The standard InChI is InChI=1S/C13H20N2O5S/c1-9(6-7-19-2)15-21(17,18)12-5-4-10(14)8-11(12)13(16)20-3/h4-5,8-9,15H,6-7,14H2,1-3H3. The number of rotatable bonds is 7. The number of ether oxygens (including phenoxy) is 2. The van der Waals surface area contributed by atoms with Gasteiger partial charge in [-0.2, -0.15) is 0 Å². The molecule has 0 amide bonds. The maximum atomic E-state index is 12.4. The van der Waals surface area contributed by atoms with Gasteiger partial charge in [-0.05, 0) is 31.5 Å². The molecular weight excluding hydrogens is 296 g/mol. The first kappa shape index (κ1) is 17.4. The number of benzene rings is 1. The van der Waals surface area contributed by atoms with Gasteiger partial charge in [0.15, 0.2) is 0 Å². The Kier molecular flexibility index (Phi) is 6.13. The van der Waals surface area contributed by atoms with E-state index in [1.807, 2.05) is 0 Å². The van der Waals surface area contributed by atoms with Crippen LogP contribution in [0.15, 0.2) is 23.1 Å². The zero-order valence-corrected chi connectivity index (χ0v) is 13.1. The highest BCUT2D eigenvalue weighted by molar-refractivity contribution is 7.89. The summed E-state index contributed by atoms with van der Waals surface area (Å²) < 4.78 is 36.7. The van der Waals surface area contributed by atoms with Crippen molar-refractivity contribution in [2.24, 2.45) is 0 Å². The maximum Gasteiger partial charge on any atom is 0.339 e. The second-order valence-electron chi connectivity index (χ2n) is 4.55. The van der Waals surface area contributed by atoms with Crippen LogP contribution in [0.3, 0.4) is 0 Å². The fourth-order valence-electron chi connectivity index (χ4n) is 1.73. The number of anilines is 1. The SMILES string of the molecule is COCCC(C)NS(=O)(=O)c1ccc(N)cc1C(=O)OC. The second-order valence-corrected chi connectivity index (χ2v) is 6.23. The number of esters is 1. The predicted octanol–water partition coefficient (Wildman–Crippen LogP) is 0.759. The van der Waals surface area contributed by atoms with E-state index in [2.05, 4.69) is 9.46 Å². The topological polar surface area (TPSA) is 108 Å². The first-order valence-corrected chi connectivity index (χ1v) is 7.79. The van der Waals surface area contributed by atoms with Crippen molar-refractivity contribution in [3.05, 3.63) is 23.8 Å². The number of hydrogen-bond donors (Lipinski definition) is 2. The lowest BCUT2D eigenvalue weighted by Crippen LogP contribution is -2.34. The number of nitrogens with two attached hydrogens (primary N) is 1. The third kappa shape index (κ3) is 4.69. The number of nitrogen functional groups attached to an aromatic ring is 1. The highest BCUT2D eigenvalue weighted by Gasteiger charge is 2.24. The van der Waals surface area contributed by atoms with E-state index < -0.39 is 16.0 Å². The normalized spacial score (nSPS) is 12.9. The molecule has 0 spiro atoms. The number of methoxy groups -OCH3 is 2. The molecule has 7 nitrogen and oxygen atoms in total. The highest BCUT2D eigenvalue weighted by atomic mass is 32.2. The lowest BCUT2D eigenvalue weighted by atomic mass is 10.2. The molecule has 0 aliphatic rings. The minimum Gasteiger partial charge on any atom is -0.465 e. The summed E-state index contributed by atoms with van der Waals surface area (Å²) in [4.78, 5) is 11.5. The molecule has 8 heteroatoms. The Bertz CT molecular complexity index is 601. The second kappa shape index (κ2) is 7.39. The van der Waals surface area contributed by atoms with Crippen molar-refractivity contribution in [2.75, 3.05) is 26.6 Å². The van der Waals surface area contributed by atoms with Crippen molar-refractivity contribution in [3.8, 4) is 0 Å². The molecule has 1 unspecified atom stereocenters. The van der Waals surface area contributed by atoms with Gasteiger partial charge in [0.05, 0.1) is 17.6 Å². The average molecular weight is 316 g/mol. The van der Waals surface area contributed by atoms with Crippen LogP contribution in [-0.4, -0.2) is 41.3 Å². The molecule has 3 N–H and O–H groups in total. The molecule has 1 aromatic rings. The summed E-state index contributed by atoms with van der Waals surface area (Å²) >= 11 is 0. The first-order chi connectivity index (χ1) is 9.81. The fourth-order valence-corrected chi connectivity index (χ4v) is 3.19. The smallest absolute Gasteiger partial charge is 0.339 e. The molecule has 0 radical (unpaired) electrons. The monoisotopic (exact) mass is 316 g/mol. The van der Waals surface area contributed by atoms with Crippen LogP contribution < -0.4 is 10.5 Å². The molecule has 21 heavy (non-hydrogen) atoms. The summed E-state index contributed by atoms with van der Waals surface area (Å²) in [6.45, 7) is 2.14. The maximum absolute atomic E-state index is 12.4. The Morgan fingerprint density at radius 2 is 2.05 bits per heavy atom. The summed E-state index contributed by atoms with van der Waals surface area (Å²) in [7, 11) is -1.14. The zero-order chi connectivity index (χ0) is 16.0. The van der Waals surface area contributed by atoms with E-state index >= 15 is 0 Å². The third-order valence-electron chi connectivity index (χ3n) is 2.81. The molecule has 0 saturated carbocycles. The van der Waals surface area contributed by atoms with Crippen molar-refractivity contribution in [2.45, 2.75) is 24.3 Å². The number of carbonyl (C=O) groups excluding carboxylic acids is 1. The molecule has 118 valence electrons. The van der Waals surface area contributed by atoms with Gasteiger partial charge >= 0.3 is 5.97 Å². The van der Waals surface area contributed by atoms with Gasteiger partial charge in [-0.15, -0.1) is 0 Å². The van der Waals surface area contributed by atoms with Gasteiger partial charge in [-0.3, -0.25) is 0 Å². The average Bonchev–Trinajstić information content (AvgIpc) is 2.43. The number of hydrogen-bond acceptors (Lipinski definition) is 6. The van der Waals surface area contributed by atoms with E-state index in [9.17, 15) is 13.2 Å². The molecule has 0 aliphatic carbocycles. The third-order valence-corrected chi connectivity index (χ3v) is 4.46. The predicted molar refractivity (Wildman–Crippen MR) is 78.5 cm³/mol.